The summed E-state index contributed by atoms with van der Waals surface area (Å²) in [5, 5.41) is 13.5. The summed E-state index contributed by atoms with van der Waals surface area (Å²) in [7, 11) is 0. The third-order valence-corrected chi connectivity index (χ3v) is 3.41. The average molecular weight is 244 g/mol. The van der Waals surface area contributed by atoms with Crippen LogP contribution in [-0.4, -0.2) is 17.8 Å². The quantitative estimate of drug-likeness (QED) is 0.855. The summed E-state index contributed by atoms with van der Waals surface area (Å²) in [6, 6.07) is 3.61. The van der Waals surface area contributed by atoms with Crippen molar-refractivity contribution in [3.05, 3.63) is 23.1 Å². The van der Waals surface area contributed by atoms with Crippen LogP contribution in [-0.2, 0) is 6.54 Å². The molecule has 0 radical (unpaired) electrons. The average Bonchev–Trinajstić information content (AvgIpc) is 2.67. The normalized spacial score (nSPS) is 25.9. The van der Waals surface area contributed by atoms with Gasteiger partial charge in [0.2, 0.25) is 0 Å². The van der Waals surface area contributed by atoms with E-state index in [4.69, 9.17) is 16.0 Å². The Morgan fingerprint density at radius 1 is 1.38 bits per heavy atom. The molecule has 0 bridgehead atoms. The molecule has 2 atom stereocenters. The lowest BCUT2D eigenvalue weighted by molar-refractivity contribution is 0.0692. The zero-order valence-electron chi connectivity index (χ0n) is 9.29. The number of aliphatic hydroxyl groups is 1. The first-order valence-corrected chi connectivity index (χ1v) is 6.26. The van der Waals surface area contributed by atoms with E-state index in [1.165, 1.54) is 6.42 Å². The van der Waals surface area contributed by atoms with Crippen molar-refractivity contribution < 1.29 is 9.52 Å². The Kier molecular flexibility index (Phi) is 4.27. The molecule has 0 aliphatic heterocycles. The highest BCUT2D eigenvalue weighted by molar-refractivity contribution is 6.28. The minimum atomic E-state index is -0.138. The highest BCUT2D eigenvalue weighted by Gasteiger charge is 2.22. The molecule has 1 fully saturated rings. The molecule has 3 nitrogen and oxygen atoms in total. The maximum atomic E-state index is 9.79. The molecule has 0 spiro atoms. The smallest absolute Gasteiger partial charge is 0.193 e. The Labute approximate surface area is 101 Å². The number of halogens is 1. The zero-order chi connectivity index (χ0) is 11.4. The van der Waals surface area contributed by atoms with Crippen molar-refractivity contribution in [2.45, 2.75) is 38.3 Å². The van der Waals surface area contributed by atoms with Crippen molar-refractivity contribution in [1.29, 1.82) is 0 Å². The third kappa shape index (κ3) is 3.24. The van der Waals surface area contributed by atoms with E-state index < -0.39 is 0 Å². The van der Waals surface area contributed by atoms with Gasteiger partial charge in [0.15, 0.2) is 5.22 Å². The van der Waals surface area contributed by atoms with E-state index in [0.29, 0.717) is 17.7 Å². The molecule has 1 saturated carbocycles. The van der Waals surface area contributed by atoms with Gasteiger partial charge in [-0.2, -0.15) is 0 Å². The lowest BCUT2D eigenvalue weighted by Crippen LogP contribution is -2.33. The Bertz CT molecular complexity index is 327. The Morgan fingerprint density at radius 3 is 2.88 bits per heavy atom. The van der Waals surface area contributed by atoms with Gasteiger partial charge in [-0.1, -0.05) is 12.8 Å². The summed E-state index contributed by atoms with van der Waals surface area (Å²) in [4.78, 5) is 0. The predicted octanol–water partition coefficient (Wildman–Crippen LogP) is 2.57. The first-order chi connectivity index (χ1) is 7.75. The second kappa shape index (κ2) is 5.71. The van der Waals surface area contributed by atoms with Gasteiger partial charge in [0.05, 0.1) is 12.6 Å². The van der Waals surface area contributed by atoms with E-state index in [-0.39, 0.29) is 6.10 Å². The van der Waals surface area contributed by atoms with Crippen LogP contribution in [0.25, 0.3) is 0 Å². The Balaban J connectivity index is 1.71. The Morgan fingerprint density at radius 2 is 2.19 bits per heavy atom. The molecule has 2 unspecified atom stereocenters. The number of furan rings is 1. The molecule has 1 aromatic heterocycles. The van der Waals surface area contributed by atoms with E-state index in [0.717, 1.165) is 31.6 Å². The highest BCUT2D eigenvalue weighted by atomic mass is 35.5. The molecule has 0 aromatic carbocycles. The molecule has 1 aliphatic carbocycles. The van der Waals surface area contributed by atoms with E-state index in [9.17, 15) is 5.11 Å². The topological polar surface area (TPSA) is 45.4 Å². The largest absolute Gasteiger partial charge is 0.448 e. The maximum Gasteiger partial charge on any atom is 0.193 e. The molecule has 1 aliphatic rings. The second-order valence-corrected chi connectivity index (χ2v) is 4.82. The van der Waals surface area contributed by atoms with Crippen LogP contribution in [0.3, 0.4) is 0 Å². The standard InChI is InChI=1S/C12H18ClNO2/c13-12-6-5-10(16-12)8-14-7-9-3-1-2-4-11(9)15/h5-6,9,11,14-15H,1-4,7-8H2. The minimum absolute atomic E-state index is 0.138. The van der Waals surface area contributed by atoms with Gasteiger partial charge < -0.3 is 14.8 Å². The molecular weight excluding hydrogens is 226 g/mol. The fraction of sp³-hybridized carbons (Fsp3) is 0.667. The number of aliphatic hydroxyl groups excluding tert-OH is 1. The molecule has 4 heteroatoms. The number of nitrogens with one attached hydrogen (secondary N) is 1. The fourth-order valence-corrected chi connectivity index (χ4v) is 2.42. The summed E-state index contributed by atoms with van der Waals surface area (Å²) in [5.41, 5.74) is 0. The van der Waals surface area contributed by atoms with Crippen molar-refractivity contribution in [3.8, 4) is 0 Å². The molecule has 1 heterocycles. The molecule has 90 valence electrons. The molecule has 2 rings (SSSR count). The van der Waals surface area contributed by atoms with Crippen LogP contribution < -0.4 is 5.32 Å². The summed E-state index contributed by atoms with van der Waals surface area (Å²) >= 11 is 5.68. The minimum Gasteiger partial charge on any atom is -0.448 e. The monoisotopic (exact) mass is 243 g/mol. The van der Waals surface area contributed by atoms with Gasteiger partial charge in [0.25, 0.3) is 0 Å². The van der Waals surface area contributed by atoms with Gasteiger partial charge in [0, 0.05) is 6.54 Å². The lowest BCUT2D eigenvalue weighted by Gasteiger charge is -2.27. The van der Waals surface area contributed by atoms with E-state index in [2.05, 4.69) is 5.32 Å². The van der Waals surface area contributed by atoms with Gasteiger partial charge in [0.1, 0.15) is 5.76 Å². The van der Waals surface area contributed by atoms with Crippen LogP contribution in [0.2, 0.25) is 5.22 Å². The molecule has 0 saturated heterocycles. The van der Waals surface area contributed by atoms with E-state index in [1.807, 2.05) is 6.07 Å². The summed E-state index contributed by atoms with van der Waals surface area (Å²) in [5.74, 6) is 1.23. The van der Waals surface area contributed by atoms with E-state index in [1.54, 1.807) is 6.07 Å². The van der Waals surface area contributed by atoms with Crippen molar-refractivity contribution in [2.75, 3.05) is 6.54 Å². The number of hydrogen-bond donors (Lipinski definition) is 2. The van der Waals surface area contributed by atoms with Crippen LogP contribution in [0.15, 0.2) is 16.5 Å². The van der Waals surface area contributed by atoms with E-state index >= 15 is 0 Å². The first kappa shape index (κ1) is 12.0. The third-order valence-electron chi connectivity index (χ3n) is 3.20. The van der Waals surface area contributed by atoms with Gasteiger partial charge in [-0.3, -0.25) is 0 Å². The van der Waals surface area contributed by atoms with Crippen LogP contribution in [0.1, 0.15) is 31.4 Å². The van der Waals surface area contributed by atoms with Crippen LogP contribution >= 0.6 is 11.6 Å². The SMILES string of the molecule is OC1CCCCC1CNCc1ccc(Cl)o1. The molecule has 16 heavy (non-hydrogen) atoms. The zero-order valence-corrected chi connectivity index (χ0v) is 10.0. The van der Waals surface area contributed by atoms with Crippen molar-refractivity contribution in [3.63, 3.8) is 0 Å². The van der Waals surface area contributed by atoms with Gasteiger partial charge in [-0.25, -0.2) is 0 Å². The summed E-state index contributed by atoms with van der Waals surface area (Å²) in [6.07, 6.45) is 4.31. The summed E-state index contributed by atoms with van der Waals surface area (Å²) in [6.45, 7) is 1.52. The van der Waals surface area contributed by atoms with Crippen LogP contribution in [0.4, 0.5) is 0 Å². The van der Waals surface area contributed by atoms with Crippen LogP contribution in [0, 0.1) is 5.92 Å². The fourth-order valence-electron chi connectivity index (χ4n) is 2.25. The molecular formula is C12H18ClNO2. The maximum absolute atomic E-state index is 9.79. The number of rotatable bonds is 4. The van der Waals surface area contributed by atoms with Gasteiger partial charge in [-0.05, 0) is 42.5 Å². The van der Waals surface area contributed by atoms with Crippen molar-refractivity contribution >= 4 is 11.6 Å². The lowest BCUT2D eigenvalue weighted by atomic mass is 9.86. The Hall–Kier alpha value is -0.510. The molecule has 0 amide bonds. The molecule has 2 N–H and O–H groups in total. The second-order valence-electron chi connectivity index (χ2n) is 4.45. The van der Waals surface area contributed by atoms with Gasteiger partial charge in [-0.15, -0.1) is 0 Å². The molecule has 1 aromatic rings. The number of hydrogen-bond acceptors (Lipinski definition) is 3. The van der Waals surface area contributed by atoms with Crippen molar-refractivity contribution in [2.24, 2.45) is 5.92 Å². The highest BCUT2D eigenvalue weighted by Crippen LogP contribution is 2.23. The van der Waals surface area contributed by atoms with Crippen molar-refractivity contribution in [1.82, 2.24) is 5.32 Å². The summed E-state index contributed by atoms with van der Waals surface area (Å²) < 4.78 is 5.24. The first-order valence-electron chi connectivity index (χ1n) is 5.88. The predicted molar refractivity (Wildman–Crippen MR) is 63.4 cm³/mol. The van der Waals surface area contributed by atoms with Crippen LogP contribution in [0.5, 0.6) is 0 Å². The van der Waals surface area contributed by atoms with Gasteiger partial charge >= 0.3 is 0 Å².